The van der Waals surface area contributed by atoms with Crippen molar-refractivity contribution < 1.29 is 14.3 Å². The lowest BCUT2D eigenvalue weighted by molar-refractivity contribution is -0.152. The van der Waals surface area contributed by atoms with Gasteiger partial charge >= 0.3 is 11.9 Å². The molecule has 0 aliphatic heterocycles. The highest BCUT2D eigenvalue weighted by atomic mass is 79.9. The minimum atomic E-state index is -0.874. The third-order valence-corrected chi connectivity index (χ3v) is 3.22. The average Bonchev–Trinajstić information content (AvgIpc) is 2.35. The number of carbonyl (C=O) groups is 2. The van der Waals surface area contributed by atoms with Crippen molar-refractivity contribution in [1.29, 1.82) is 0 Å². The van der Waals surface area contributed by atoms with E-state index in [4.69, 9.17) is 0 Å². The maximum atomic E-state index is 11.3. The Morgan fingerprint density at radius 1 is 1.28 bits per heavy atom. The molecule has 1 rings (SSSR count). The first-order chi connectivity index (χ1) is 8.36. The van der Waals surface area contributed by atoms with E-state index in [0.717, 1.165) is 10.0 Å². The second-order valence-corrected chi connectivity index (χ2v) is 5.48. The second-order valence-electron chi connectivity index (χ2n) is 4.57. The Hall–Kier alpha value is -1.36. The Balaban J connectivity index is 2.67. The number of halogens is 1. The van der Waals surface area contributed by atoms with Gasteiger partial charge in [0, 0.05) is 16.4 Å². The number of benzene rings is 1. The monoisotopic (exact) mass is 313 g/mol. The quantitative estimate of drug-likeness (QED) is 0.686. The maximum absolute atomic E-state index is 11.3. The standard InChI is InChI=1S/C13H16BrNO3/c1-13(2,8-15-11(16)12(17)18-3)9-4-6-10(14)7-5-9/h4-7H,8H2,1-3H3,(H,15,16). The van der Waals surface area contributed by atoms with Gasteiger partial charge in [-0.05, 0) is 17.7 Å². The number of nitrogens with one attached hydrogen (secondary N) is 1. The predicted molar refractivity (Wildman–Crippen MR) is 72.2 cm³/mol. The van der Waals surface area contributed by atoms with Gasteiger partial charge in [0.15, 0.2) is 0 Å². The van der Waals surface area contributed by atoms with Crippen LogP contribution < -0.4 is 5.32 Å². The molecule has 1 amide bonds. The zero-order valence-corrected chi connectivity index (χ0v) is 12.2. The van der Waals surface area contributed by atoms with Gasteiger partial charge in [-0.25, -0.2) is 4.79 Å². The normalized spacial score (nSPS) is 10.9. The third kappa shape index (κ3) is 3.84. The molecular weight excluding hydrogens is 298 g/mol. The molecule has 1 aromatic rings. The van der Waals surface area contributed by atoms with Crippen molar-refractivity contribution >= 4 is 27.8 Å². The largest absolute Gasteiger partial charge is 0.462 e. The van der Waals surface area contributed by atoms with E-state index in [9.17, 15) is 9.59 Å². The predicted octanol–water partition coefficient (Wildman–Crippen LogP) is 2.02. The molecule has 0 atom stereocenters. The summed E-state index contributed by atoms with van der Waals surface area (Å²) in [7, 11) is 1.18. The molecule has 0 bridgehead atoms. The Bertz CT molecular complexity index is 440. The van der Waals surface area contributed by atoms with Crippen molar-refractivity contribution in [2.24, 2.45) is 0 Å². The highest BCUT2D eigenvalue weighted by molar-refractivity contribution is 9.10. The lowest BCUT2D eigenvalue weighted by atomic mass is 9.84. The molecule has 0 aromatic heterocycles. The van der Waals surface area contributed by atoms with Gasteiger partial charge in [-0.15, -0.1) is 0 Å². The molecule has 0 saturated heterocycles. The molecule has 1 N–H and O–H groups in total. The summed E-state index contributed by atoms with van der Waals surface area (Å²) in [6, 6.07) is 7.85. The summed E-state index contributed by atoms with van der Waals surface area (Å²) >= 11 is 3.37. The fourth-order valence-corrected chi connectivity index (χ4v) is 1.73. The van der Waals surface area contributed by atoms with Gasteiger partial charge < -0.3 is 10.1 Å². The Labute approximate surface area is 115 Å². The first kappa shape index (κ1) is 14.7. The van der Waals surface area contributed by atoms with Crippen LogP contribution >= 0.6 is 15.9 Å². The summed E-state index contributed by atoms with van der Waals surface area (Å²) in [6.07, 6.45) is 0. The fourth-order valence-electron chi connectivity index (χ4n) is 1.47. The summed E-state index contributed by atoms with van der Waals surface area (Å²) in [5, 5.41) is 2.56. The van der Waals surface area contributed by atoms with Crippen molar-refractivity contribution in [3.05, 3.63) is 34.3 Å². The fraction of sp³-hybridized carbons (Fsp3) is 0.385. The van der Waals surface area contributed by atoms with Gasteiger partial charge in [0.05, 0.1) is 7.11 Å². The number of carbonyl (C=O) groups excluding carboxylic acids is 2. The molecule has 1 aromatic carbocycles. The molecule has 0 radical (unpaired) electrons. The molecule has 0 aliphatic carbocycles. The van der Waals surface area contributed by atoms with Gasteiger partial charge in [-0.1, -0.05) is 41.9 Å². The van der Waals surface area contributed by atoms with Crippen LogP contribution in [0.15, 0.2) is 28.7 Å². The lowest BCUT2D eigenvalue weighted by Crippen LogP contribution is -2.40. The maximum Gasteiger partial charge on any atom is 0.396 e. The van der Waals surface area contributed by atoms with Gasteiger partial charge in [-0.3, -0.25) is 4.79 Å². The van der Waals surface area contributed by atoms with Gasteiger partial charge in [0.1, 0.15) is 0 Å². The Morgan fingerprint density at radius 2 is 1.83 bits per heavy atom. The minimum absolute atomic E-state index is 0.260. The topological polar surface area (TPSA) is 55.4 Å². The van der Waals surface area contributed by atoms with Crippen LogP contribution in [0.25, 0.3) is 0 Å². The highest BCUT2D eigenvalue weighted by Crippen LogP contribution is 2.23. The zero-order chi connectivity index (χ0) is 13.8. The molecule has 18 heavy (non-hydrogen) atoms. The van der Waals surface area contributed by atoms with Gasteiger partial charge in [0.2, 0.25) is 0 Å². The molecule has 0 heterocycles. The number of methoxy groups -OCH3 is 1. The number of esters is 1. The van der Waals surface area contributed by atoms with E-state index in [-0.39, 0.29) is 5.41 Å². The van der Waals surface area contributed by atoms with Crippen molar-refractivity contribution in [1.82, 2.24) is 5.32 Å². The van der Waals surface area contributed by atoms with Crippen LogP contribution in [0.2, 0.25) is 0 Å². The zero-order valence-electron chi connectivity index (χ0n) is 10.6. The molecule has 0 spiro atoms. The number of rotatable bonds is 3. The summed E-state index contributed by atoms with van der Waals surface area (Å²) in [5.41, 5.74) is 0.820. The van der Waals surface area contributed by atoms with Crippen molar-refractivity contribution in [2.45, 2.75) is 19.3 Å². The van der Waals surface area contributed by atoms with Crippen molar-refractivity contribution in [2.75, 3.05) is 13.7 Å². The molecule has 4 nitrogen and oxygen atoms in total. The molecule has 0 saturated carbocycles. The van der Waals surface area contributed by atoms with Gasteiger partial charge in [-0.2, -0.15) is 0 Å². The van der Waals surface area contributed by atoms with Crippen LogP contribution in [0.4, 0.5) is 0 Å². The van der Waals surface area contributed by atoms with Crippen LogP contribution in [0.5, 0.6) is 0 Å². The van der Waals surface area contributed by atoms with E-state index in [1.807, 2.05) is 38.1 Å². The highest BCUT2D eigenvalue weighted by Gasteiger charge is 2.23. The van der Waals surface area contributed by atoms with E-state index < -0.39 is 11.9 Å². The van der Waals surface area contributed by atoms with E-state index in [1.165, 1.54) is 7.11 Å². The number of amides is 1. The molecule has 5 heteroatoms. The number of hydrogen-bond acceptors (Lipinski definition) is 3. The lowest BCUT2D eigenvalue weighted by Gasteiger charge is -2.25. The second kappa shape index (κ2) is 6.00. The van der Waals surface area contributed by atoms with Crippen LogP contribution in [-0.2, 0) is 19.7 Å². The summed E-state index contributed by atoms with van der Waals surface area (Å²) in [5.74, 6) is -1.59. The summed E-state index contributed by atoms with van der Waals surface area (Å²) in [4.78, 5) is 22.3. The summed E-state index contributed by atoms with van der Waals surface area (Å²) < 4.78 is 5.34. The van der Waals surface area contributed by atoms with Crippen molar-refractivity contribution in [3.8, 4) is 0 Å². The number of hydrogen-bond donors (Lipinski definition) is 1. The molecular formula is C13H16BrNO3. The van der Waals surface area contributed by atoms with E-state index in [2.05, 4.69) is 26.0 Å². The molecule has 0 fully saturated rings. The smallest absolute Gasteiger partial charge is 0.396 e. The van der Waals surface area contributed by atoms with Crippen molar-refractivity contribution in [3.63, 3.8) is 0 Å². The number of ether oxygens (including phenoxy) is 1. The van der Waals surface area contributed by atoms with Crippen LogP contribution in [-0.4, -0.2) is 25.5 Å². The third-order valence-electron chi connectivity index (χ3n) is 2.69. The van der Waals surface area contributed by atoms with E-state index in [0.29, 0.717) is 6.54 Å². The Kier molecular flexibility index (Phi) is 4.90. The minimum Gasteiger partial charge on any atom is -0.462 e. The first-order valence-corrected chi connectivity index (χ1v) is 6.28. The van der Waals surface area contributed by atoms with Crippen LogP contribution in [0.1, 0.15) is 19.4 Å². The van der Waals surface area contributed by atoms with Gasteiger partial charge in [0.25, 0.3) is 0 Å². The van der Waals surface area contributed by atoms with Crippen LogP contribution in [0, 0.1) is 0 Å². The molecule has 0 aliphatic rings. The van der Waals surface area contributed by atoms with Crippen LogP contribution in [0.3, 0.4) is 0 Å². The van der Waals surface area contributed by atoms with E-state index >= 15 is 0 Å². The SMILES string of the molecule is COC(=O)C(=O)NCC(C)(C)c1ccc(Br)cc1. The average molecular weight is 314 g/mol. The first-order valence-electron chi connectivity index (χ1n) is 5.49. The molecule has 0 unspecified atom stereocenters. The summed E-state index contributed by atoms with van der Waals surface area (Å²) in [6.45, 7) is 4.35. The van der Waals surface area contributed by atoms with E-state index in [1.54, 1.807) is 0 Å². The Morgan fingerprint density at radius 3 is 2.33 bits per heavy atom. The molecule has 98 valence electrons.